The summed E-state index contributed by atoms with van der Waals surface area (Å²) in [6.07, 6.45) is 1.76. The Balaban J connectivity index is 2.21. The number of nitrogens with two attached hydrogens (primary N) is 2. The molecule has 0 bridgehead atoms. The van der Waals surface area contributed by atoms with Crippen LogP contribution in [0, 0.1) is 13.8 Å². The number of pyridine rings is 2. The monoisotopic (exact) mass is 282 g/mol. The number of primary amides is 1. The first kappa shape index (κ1) is 13.0. The lowest BCUT2D eigenvalue weighted by Crippen LogP contribution is -2.14. The molecule has 0 unspecified atom stereocenters. The van der Waals surface area contributed by atoms with Crippen LogP contribution < -0.4 is 11.5 Å². The number of nitrogen functional groups attached to an aromatic ring is 1. The van der Waals surface area contributed by atoms with Gasteiger partial charge in [-0.3, -0.25) is 9.78 Å². The van der Waals surface area contributed by atoms with Crippen molar-refractivity contribution in [2.45, 2.75) is 13.8 Å². The summed E-state index contributed by atoms with van der Waals surface area (Å²) < 4.78 is 1.59. The summed E-state index contributed by atoms with van der Waals surface area (Å²) in [5.74, 6) is -0.280. The molecule has 3 rings (SSSR count). The molecule has 3 aromatic rings. The zero-order chi connectivity index (χ0) is 15.1. The van der Waals surface area contributed by atoms with Crippen LogP contribution in [0.4, 0.5) is 5.95 Å². The van der Waals surface area contributed by atoms with E-state index >= 15 is 0 Å². The van der Waals surface area contributed by atoms with Crippen molar-refractivity contribution in [3.63, 3.8) is 0 Å². The van der Waals surface area contributed by atoms with E-state index in [0.717, 1.165) is 16.8 Å². The van der Waals surface area contributed by atoms with Gasteiger partial charge < -0.3 is 11.5 Å². The summed E-state index contributed by atoms with van der Waals surface area (Å²) in [6.45, 7) is 3.65. The molecule has 0 aliphatic heterocycles. The number of amides is 1. The predicted molar refractivity (Wildman–Crippen MR) is 78.6 cm³/mol. The smallest absolute Gasteiger partial charge is 0.250 e. The Morgan fingerprint density at radius 3 is 2.67 bits per heavy atom. The van der Waals surface area contributed by atoms with Crippen LogP contribution in [-0.2, 0) is 0 Å². The number of carbonyl (C=O) groups excluding carboxylic acids is 1. The Hall–Kier alpha value is -2.96. The van der Waals surface area contributed by atoms with Crippen molar-refractivity contribution in [1.29, 1.82) is 0 Å². The SMILES string of the molecule is Cc1nc(C)c(-c2ccn3nc(N)nc3c2)cc1C(N)=O. The lowest BCUT2D eigenvalue weighted by molar-refractivity contribution is 0.0999. The van der Waals surface area contributed by atoms with E-state index in [2.05, 4.69) is 15.1 Å². The van der Waals surface area contributed by atoms with E-state index in [-0.39, 0.29) is 5.95 Å². The van der Waals surface area contributed by atoms with Gasteiger partial charge in [0.25, 0.3) is 5.91 Å². The number of fused-ring (bicyclic) bond motifs is 1. The number of rotatable bonds is 2. The van der Waals surface area contributed by atoms with Gasteiger partial charge in [0, 0.05) is 17.5 Å². The minimum atomic E-state index is -0.492. The molecule has 0 aliphatic carbocycles. The molecule has 1 amide bonds. The molecule has 0 spiro atoms. The third-order valence-electron chi connectivity index (χ3n) is 3.33. The summed E-state index contributed by atoms with van der Waals surface area (Å²) in [7, 11) is 0. The molecule has 7 nitrogen and oxygen atoms in total. The fraction of sp³-hybridized carbons (Fsp3) is 0.143. The molecule has 4 N–H and O–H groups in total. The van der Waals surface area contributed by atoms with Crippen molar-refractivity contribution in [3.05, 3.63) is 41.3 Å². The van der Waals surface area contributed by atoms with E-state index in [1.54, 1.807) is 23.7 Å². The second-order valence-corrected chi connectivity index (χ2v) is 4.81. The van der Waals surface area contributed by atoms with Crippen molar-refractivity contribution < 1.29 is 4.79 Å². The largest absolute Gasteiger partial charge is 0.366 e. The Morgan fingerprint density at radius 2 is 1.95 bits per heavy atom. The fourth-order valence-corrected chi connectivity index (χ4v) is 2.33. The molecule has 0 atom stereocenters. The minimum Gasteiger partial charge on any atom is -0.366 e. The summed E-state index contributed by atoms with van der Waals surface area (Å²) in [4.78, 5) is 20.0. The fourth-order valence-electron chi connectivity index (χ4n) is 2.33. The lowest BCUT2D eigenvalue weighted by atomic mass is 10.0. The molecular weight excluding hydrogens is 268 g/mol. The maximum absolute atomic E-state index is 11.5. The number of aromatic nitrogens is 4. The van der Waals surface area contributed by atoms with Crippen molar-refractivity contribution in [1.82, 2.24) is 19.6 Å². The maximum atomic E-state index is 11.5. The lowest BCUT2D eigenvalue weighted by Gasteiger charge is -2.09. The Kier molecular flexibility index (Phi) is 2.83. The molecule has 0 aromatic carbocycles. The van der Waals surface area contributed by atoms with E-state index in [4.69, 9.17) is 11.5 Å². The quantitative estimate of drug-likeness (QED) is 0.730. The van der Waals surface area contributed by atoms with Crippen LogP contribution in [0.5, 0.6) is 0 Å². The average molecular weight is 282 g/mol. The number of hydrogen-bond acceptors (Lipinski definition) is 5. The second-order valence-electron chi connectivity index (χ2n) is 4.81. The highest BCUT2D eigenvalue weighted by Gasteiger charge is 2.13. The van der Waals surface area contributed by atoms with Crippen molar-refractivity contribution >= 4 is 17.5 Å². The van der Waals surface area contributed by atoms with Gasteiger partial charge in [0.15, 0.2) is 5.65 Å². The summed E-state index contributed by atoms with van der Waals surface area (Å²) in [5, 5.41) is 4.02. The Labute approximate surface area is 120 Å². The molecule has 3 aromatic heterocycles. The van der Waals surface area contributed by atoms with Gasteiger partial charge >= 0.3 is 0 Å². The molecule has 0 radical (unpaired) electrons. The van der Waals surface area contributed by atoms with Crippen LogP contribution in [0.3, 0.4) is 0 Å². The van der Waals surface area contributed by atoms with Gasteiger partial charge in [-0.1, -0.05) is 0 Å². The molecule has 0 saturated carbocycles. The number of nitrogens with zero attached hydrogens (tertiary/aromatic N) is 4. The predicted octanol–water partition coefficient (Wildman–Crippen LogP) is 1.09. The van der Waals surface area contributed by atoms with E-state index < -0.39 is 5.91 Å². The van der Waals surface area contributed by atoms with Crippen molar-refractivity contribution in [2.24, 2.45) is 5.73 Å². The first-order valence-electron chi connectivity index (χ1n) is 6.36. The first-order valence-corrected chi connectivity index (χ1v) is 6.36. The maximum Gasteiger partial charge on any atom is 0.250 e. The molecule has 3 heterocycles. The Morgan fingerprint density at radius 1 is 1.19 bits per heavy atom. The van der Waals surface area contributed by atoms with Crippen LogP contribution in [0.1, 0.15) is 21.7 Å². The Bertz CT molecular complexity index is 867. The highest BCUT2D eigenvalue weighted by atomic mass is 16.1. The highest BCUT2D eigenvalue weighted by Crippen LogP contribution is 2.25. The van der Waals surface area contributed by atoms with E-state index in [9.17, 15) is 4.79 Å². The molecule has 106 valence electrons. The summed E-state index contributed by atoms with van der Waals surface area (Å²) in [6, 6.07) is 5.46. The number of anilines is 1. The van der Waals surface area contributed by atoms with Crippen LogP contribution in [0.15, 0.2) is 24.4 Å². The van der Waals surface area contributed by atoms with Gasteiger partial charge in [0.05, 0.1) is 11.3 Å². The minimum absolute atomic E-state index is 0.212. The molecule has 0 fully saturated rings. The molecule has 7 heteroatoms. The number of aryl methyl sites for hydroxylation is 2. The van der Waals surface area contributed by atoms with E-state index in [1.165, 1.54) is 0 Å². The van der Waals surface area contributed by atoms with Gasteiger partial charge in [-0.25, -0.2) is 4.52 Å². The zero-order valence-corrected chi connectivity index (χ0v) is 11.7. The van der Waals surface area contributed by atoms with E-state index in [0.29, 0.717) is 16.9 Å². The molecule has 0 saturated heterocycles. The van der Waals surface area contributed by atoms with Crippen LogP contribution in [-0.4, -0.2) is 25.5 Å². The standard InChI is InChI=1S/C14H14N6O/c1-7-10(6-11(13(15)21)8(2)17-7)9-3-4-20-12(5-9)18-14(16)19-20/h3-6H,1-2H3,(H2,15,21)(H2,16,19). The molecular formula is C14H14N6O. The molecule has 0 aliphatic rings. The summed E-state index contributed by atoms with van der Waals surface area (Å²) >= 11 is 0. The normalized spacial score (nSPS) is 11.0. The van der Waals surface area contributed by atoms with Gasteiger partial charge in [-0.2, -0.15) is 4.98 Å². The van der Waals surface area contributed by atoms with E-state index in [1.807, 2.05) is 19.1 Å². The van der Waals surface area contributed by atoms with Crippen LogP contribution >= 0.6 is 0 Å². The number of carbonyl (C=O) groups is 1. The summed E-state index contributed by atoms with van der Waals surface area (Å²) in [5.41, 5.74) is 15.1. The van der Waals surface area contributed by atoms with Gasteiger partial charge in [0.1, 0.15) is 0 Å². The molecule has 21 heavy (non-hydrogen) atoms. The van der Waals surface area contributed by atoms with Crippen molar-refractivity contribution in [3.8, 4) is 11.1 Å². The van der Waals surface area contributed by atoms with Crippen LogP contribution in [0.25, 0.3) is 16.8 Å². The second kappa shape index (κ2) is 4.55. The van der Waals surface area contributed by atoms with Gasteiger partial charge in [-0.15, -0.1) is 5.10 Å². The highest BCUT2D eigenvalue weighted by molar-refractivity contribution is 5.95. The third-order valence-corrected chi connectivity index (χ3v) is 3.33. The first-order chi connectivity index (χ1) is 9.95. The van der Waals surface area contributed by atoms with Gasteiger partial charge in [-0.05, 0) is 37.6 Å². The van der Waals surface area contributed by atoms with Crippen LogP contribution in [0.2, 0.25) is 0 Å². The van der Waals surface area contributed by atoms with Crippen molar-refractivity contribution in [2.75, 3.05) is 5.73 Å². The third kappa shape index (κ3) is 2.18. The average Bonchev–Trinajstić information content (AvgIpc) is 2.77. The topological polar surface area (TPSA) is 112 Å². The van der Waals surface area contributed by atoms with Gasteiger partial charge in [0.2, 0.25) is 5.95 Å². The number of hydrogen-bond donors (Lipinski definition) is 2. The zero-order valence-electron chi connectivity index (χ0n) is 11.7.